The van der Waals surface area contributed by atoms with Crippen LogP contribution in [-0.2, 0) is 20.7 Å². The summed E-state index contributed by atoms with van der Waals surface area (Å²) in [7, 11) is 0. The summed E-state index contributed by atoms with van der Waals surface area (Å²) in [4.78, 5) is 43.0. The summed E-state index contributed by atoms with van der Waals surface area (Å²) in [5.74, 6) is -0.556. The van der Waals surface area contributed by atoms with Gasteiger partial charge < -0.3 is 25.4 Å². The van der Waals surface area contributed by atoms with Crippen molar-refractivity contribution in [3.63, 3.8) is 0 Å². The molecule has 9 heteroatoms. The van der Waals surface area contributed by atoms with E-state index in [0.717, 1.165) is 52.9 Å². The van der Waals surface area contributed by atoms with Crippen LogP contribution < -0.4 is 15.8 Å². The fraction of sp³-hybridized carbons (Fsp3) is 0.385. The van der Waals surface area contributed by atoms with Crippen molar-refractivity contribution in [2.75, 3.05) is 19.7 Å². The van der Waals surface area contributed by atoms with Gasteiger partial charge in [-0.2, -0.15) is 0 Å². The number of nitrogens with zero attached hydrogens (tertiary/aromatic N) is 2. The van der Waals surface area contributed by atoms with Crippen LogP contribution in [0.4, 0.5) is 4.79 Å². The van der Waals surface area contributed by atoms with Crippen LogP contribution in [0.5, 0.6) is 5.88 Å². The highest BCUT2D eigenvalue weighted by Crippen LogP contribution is 2.34. The molecule has 3 N–H and O–H groups in total. The molecule has 2 unspecified atom stereocenters. The van der Waals surface area contributed by atoms with Crippen molar-refractivity contribution >= 4 is 39.6 Å². The number of carbonyl (C=O) groups excluding carboxylic acids is 3. The molecule has 1 saturated heterocycles. The number of nitrogens with two attached hydrogens (primary N) is 1. The molecule has 2 atom stereocenters. The van der Waals surface area contributed by atoms with Gasteiger partial charge in [0.25, 0.3) is 0 Å². The summed E-state index contributed by atoms with van der Waals surface area (Å²) in [5, 5.41) is 5.44. The van der Waals surface area contributed by atoms with Gasteiger partial charge in [0, 0.05) is 17.2 Å². The van der Waals surface area contributed by atoms with Crippen LogP contribution in [0.15, 0.2) is 42.5 Å². The number of benzene rings is 2. The molecule has 4 bridgehead atoms. The predicted octanol–water partition coefficient (Wildman–Crippen LogP) is 2.67. The zero-order valence-corrected chi connectivity index (χ0v) is 19.4. The number of nitrogens with one attached hydrogen (secondary N) is 1. The van der Waals surface area contributed by atoms with E-state index in [2.05, 4.69) is 23.5 Å². The van der Waals surface area contributed by atoms with E-state index in [-0.39, 0.29) is 26.1 Å². The summed E-state index contributed by atoms with van der Waals surface area (Å²) in [6.45, 7) is 0.163. The summed E-state index contributed by atoms with van der Waals surface area (Å²) in [6.07, 6.45) is 2.59. The normalized spacial score (nSPS) is 21.8. The lowest BCUT2D eigenvalue weighted by Gasteiger charge is -2.22. The van der Waals surface area contributed by atoms with Crippen LogP contribution in [0.2, 0.25) is 0 Å². The fourth-order valence-electron chi connectivity index (χ4n) is 4.88. The minimum Gasteiger partial charge on any atom is -0.472 e. The lowest BCUT2D eigenvalue weighted by atomic mass is 10.0. The number of hydrogen-bond donors (Lipinski definition) is 2. The molecule has 0 radical (unpaired) electrons. The molecule has 3 aromatic rings. The first kappa shape index (κ1) is 22.9. The van der Waals surface area contributed by atoms with Crippen LogP contribution in [0, 0.1) is 0 Å². The van der Waals surface area contributed by atoms with Crippen LogP contribution >= 0.6 is 0 Å². The van der Waals surface area contributed by atoms with Gasteiger partial charge in [-0.05, 0) is 48.8 Å². The smallest absolute Gasteiger partial charge is 0.407 e. The average molecular weight is 477 g/mol. The Kier molecular flexibility index (Phi) is 6.39. The zero-order chi connectivity index (χ0) is 24.4. The molecule has 2 aliphatic heterocycles. The molecule has 2 aliphatic rings. The number of primary amides is 1. The largest absolute Gasteiger partial charge is 0.472 e. The Morgan fingerprint density at radius 1 is 1.06 bits per heavy atom. The molecule has 3 heterocycles. The number of fused-ring (bicyclic) bond motifs is 5. The quantitative estimate of drug-likeness (QED) is 0.521. The number of para-hydroxylation sites is 1. The third-order valence-corrected chi connectivity index (χ3v) is 6.65. The van der Waals surface area contributed by atoms with Crippen molar-refractivity contribution < 1.29 is 23.9 Å². The van der Waals surface area contributed by atoms with E-state index in [1.807, 2.05) is 24.3 Å². The highest BCUT2D eigenvalue weighted by molar-refractivity contribution is 6.08. The minimum absolute atomic E-state index is 0.166. The van der Waals surface area contributed by atoms with Crippen LogP contribution in [0.3, 0.4) is 0 Å². The maximum absolute atomic E-state index is 12.8. The fourth-order valence-corrected chi connectivity index (χ4v) is 4.88. The van der Waals surface area contributed by atoms with Crippen molar-refractivity contribution in [3.8, 4) is 5.88 Å². The van der Waals surface area contributed by atoms with Crippen LogP contribution in [-0.4, -0.2) is 59.6 Å². The van der Waals surface area contributed by atoms with E-state index in [0.29, 0.717) is 5.88 Å². The van der Waals surface area contributed by atoms with Crippen LogP contribution in [0.1, 0.15) is 31.2 Å². The number of carbonyl (C=O) groups is 3. The minimum atomic E-state index is -0.824. The maximum Gasteiger partial charge on any atom is 0.407 e. The van der Waals surface area contributed by atoms with E-state index in [9.17, 15) is 14.4 Å². The van der Waals surface area contributed by atoms with Gasteiger partial charge in [0.1, 0.15) is 18.7 Å². The molecule has 182 valence electrons. The molecule has 1 aromatic heterocycles. The highest BCUT2D eigenvalue weighted by Gasteiger charge is 2.40. The zero-order valence-electron chi connectivity index (χ0n) is 19.4. The first-order chi connectivity index (χ1) is 17.0. The first-order valence-corrected chi connectivity index (χ1v) is 12.0. The first-order valence-electron chi connectivity index (χ1n) is 12.0. The number of pyridine rings is 1. The second-order valence-electron chi connectivity index (χ2n) is 9.05. The molecule has 35 heavy (non-hydrogen) atoms. The highest BCUT2D eigenvalue weighted by atomic mass is 16.5. The van der Waals surface area contributed by atoms with Gasteiger partial charge >= 0.3 is 6.09 Å². The second kappa shape index (κ2) is 9.77. The SMILES string of the molecule is NC(=O)C1CC2CN1C(=O)CNC(=O)OCCCCCc1ccc3c(c1)c(nc1ccccc13)O2. The molecule has 9 nitrogen and oxygen atoms in total. The van der Waals surface area contributed by atoms with Gasteiger partial charge in [0.15, 0.2) is 0 Å². The monoisotopic (exact) mass is 476 g/mol. The van der Waals surface area contributed by atoms with E-state index in [4.69, 9.17) is 20.2 Å². The third kappa shape index (κ3) is 4.84. The van der Waals surface area contributed by atoms with E-state index in [1.165, 1.54) is 4.90 Å². The second-order valence-corrected chi connectivity index (χ2v) is 9.05. The Morgan fingerprint density at radius 2 is 1.91 bits per heavy atom. The Hall–Kier alpha value is -3.88. The number of aromatic nitrogens is 1. The summed E-state index contributed by atoms with van der Waals surface area (Å²) >= 11 is 0. The molecule has 0 spiro atoms. The number of rotatable bonds is 1. The number of aryl methyl sites for hydroxylation is 1. The molecular weight excluding hydrogens is 448 g/mol. The summed E-state index contributed by atoms with van der Waals surface area (Å²) < 4.78 is 11.5. The molecular formula is C26H28N4O5. The number of ether oxygens (including phenoxy) is 2. The summed E-state index contributed by atoms with van der Waals surface area (Å²) in [6, 6.07) is 13.4. The molecule has 0 saturated carbocycles. The van der Waals surface area contributed by atoms with Crippen LogP contribution in [0.25, 0.3) is 21.7 Å². The van der Waals surface area contributed by atoms with E-state index in [1.54, 1.807) is 0 Å². The standard InChI is InChI=1S/C26H28N4O5/c27-24(32)22-13-17-15-30(22)23(31)14-28-26(33)34-11-5-1-2-6-16-9-10-18-19-7-3-4-8-21(19)29-25(35-17)20(18)12-16/h3-4,7-10,12,17,22H,1-2,5-6,11,13-15H2,(H2,27,32)(H,28,33). The Labute approximate surface area is 202 Å². The van der Waals surface area contributed by atoms with E-state index >= 15 is 0 Å². The molecule has 1 fully saturated rings. The Bertz CT molecular complexity index is 1290. The third-order valence-electron chi connectivity index (χ3n) is 6.65. The number of alkyl carbamates (subject to hydrolysis) is 1. The molecule has 3 amide bonds. The van der Waals surface area contributed by atoms with Gasteiger partial charge in [0.05, 0.1) is 18.7 Å². The lowest BCUT2D eigenvalue weighted by Crippen LogP contribution is -2.47. The van der Waals surface area contributed by atoms with Gasteiger partial charge in [-0.25, -0.2) is 9.78 Å². The predicted molar refractivity (Wildman–Crippen MR) is 130 cm³/mol. The van der Waals surface area contributed by atoms with Gasteiger partial charge in [-0.3, -0.25) is 9.59 Å². The van der Waals surface area contributed by atoms with Crippen molar-refractivity contribution in [2.45, 2.75) is 44.2 Å². The van der Waals surface area contributed by atoms with Gasteiger partial charge in [-0.15, -0.1) is 0 Å². The van der Waals surface area contributed by atoms with Crippen molar-refractivity contribution in [1.82, 2.24) is 15.2 Å². The van der Waals surface area contributed by atoms with Crippen molar-refractivity contribution in [1.29, 1.82) is 0 Å². The number of hydrogen-bond acceptors (Lipinski definition) is 6. The Morgan fingerprint density at radius 3 is 2.77 bits per heavy atom. The van der Waals surface area contributed by atoms with Gasteiger partial charge in [0.2, 0.25) is 17.7 Å². The van der Waals surface area contributed by atoms with Crippen molar-refractivity contribution in [3.05, 3.63) is 48.0 Å². The Balaban J connectivity index is 1.53. The molecule has 2 aromatic carbocycles. The number of amides is 3. The summed E-state index contributed by atoms with van der Waals surface area (Å²) in [5.41, 5.74) is 7.57. The topological polar surface area (TPSA) is 124 Å². The van der Waals surface area contributed by atoms with Crippen molar-refractivity contribution in [2.24, 2.45) is 5.73 Å². The van der Waals surface area contributed by atoms with E-state index < -0.39 is 30.1 Å². The molecule has 5 rings (SSSR count). The van der Waals surface area contributed by atoms with Gasteiger partial charge in [-0.1, -0.05) is 30.3 Å². The lowest BCUT2D eigenvalue weighted by molar-refractivity contribution is -0.136. The number of cyclic esters (lactones) is 1. The average Bonchev–Trinajstić information content (AvgIpc) is 3.28. The molecule has 0 aliphatic carbocycles. The maximum atomic E-state index is 12.8.